The number of aromatic nitrogens is 2. The first-order chi connectivity index (χ1) is 15.7. The van der Waals surface area contributed by atoms with Crippen molar-refractivity contribution in [3.05, 3.63) is 58.9 Å². The molecular weight excluding hydrogens is 422 g/mol. The topological polar surface area (TPSA) is 73.2 Å². The van der Waals surface area contributed by atoms with Gasteiger partial charge in [0.15, 0.2) is 5.16 Å². The summed E-state index contributed by atoms with van der Waals surface area (Å²) in [4.78, 5) is 30.5. The molecule has 2 aromatic carbocycles. The third kappa shape index (κ3) is 5.33. The second-order valence-electron chi connectivity index (χ2n) is 8.08. The van der Waals surface area contributed by atoms with Gasteiger partial charge in [-0.3, -0.25) is 14.2 Å². The van der Waals surface area contributed by atoms with Crippen molar-refractivity contribution in [1.82, 2.24) is 14.9 Å². The Morgan fingerprint density at radius 1 is 1.12 bits per heavy atom. The van der Waals surface area contributed by atoms with Crippen molar-refractivity contribution >= 4 is 28.6 Å². The predicted molar refractivity (Wildman–Crippen MR) is 129 cm³/mol. The highest BCUT2D eigenvalue weighted by Gasteiger charge is 2.17. The zero-order chi connectivity index (χ0) is 22.3. The van der Waals surface area contributed by atoms with Crippen molar-refractivity contribution in [1.29, 1.82) is 0 Å². The molecule has 0 radical (unpaired) electrons. The second kappa shape index (κ2) is 10.7. The zero-order valence-electron chi connectivity index (χ0n) is 18.4. The number of hydrogen-bond donors (Lipinski definition) is 1. The number of carbonyl (C=O) groups is 1. The number of benzene rings is 2. The van der Waals surface area contributed by atoms with Gasteiger partial charge in [-0.15, -0.1) is 0 Å². The van der Waals surface area contributed by atoms with E-state index in [-0.39, 0.29) is 17.2 Å². The molecule has 0 unspecified atom stereocenters. The summed E-state index contributed by atoms with van der Waals surface area (Å²) in [7, 11) is 0. The van der Waals surface area contributed by atoms with E-state index in [4.69, 9.17) is 9.72 Å². The van der Waals surface area contributed by atoms with Crippen molar-refractivity contribution in [2.45, 2.75) is 44.2 Å². The van der Waals surface area contributed by atoms with Crippen LogP contribution in [-0.4, -0.2) is 34.4 Å². The molecule has 1 fully saturated rings. The highest BCUT2D eigenvalue weighted by Crippen LogP contribution is 2.24. The van der Waals surface area contributed by atoms with Gasteiger partial charge in [-0.1, -0.05) is 43.2 Å². The highest BCUT2D eigenvalue weighted by atomic mass is 32.2. The van der Waals surface area contributed by atoms with Crippen LogP contribution in [0.2, 0.25) is 0 Å². The van der Waals surface area contributed by atoms with Crippen molar-refractivity contribution < 1.29 is 9.53 Å². The molecule has 1 amide bonds. The average Bonchev–Trinajstić information content (AvgIpc) is 2.83. The van der Waals surface area contributed by atoms with E-state index in [9.17, 15) is 9.59 Å². The summed E-state index contributed by atoms with van der Waals surface area (Å²) in [5, 5.41) is 4.12. The van der Waals surface area contributed by atoms with Crippen LogP contribution in [0, 0.1) is 5.92 Å². The van der Waals surface area contributed by atoms with Crippen LogP contribution in [0.4, 0.5) is 0 Å². The highest BCUT2D eigenvalue weighted by molar-refractivity contribution is 7.99. The molecule has 0 bridgehead atoms. The fraction of sp³-hybridized carbons (Fsp3) is 0.400. The number of nitrogens with zero attached hydrogens (tertiary/aromatic N) is 2. The van der Waals surface area contributed by atoms with Gasteiger partial charge in [0, 0.05) is 6.54 Å². The Balaban J connectivity index is 1.56. The minimum absolute atomic E-state index is 0.0266. The maximum atomic E-state index is 13.3. The molecular formula is C25H29N3O3S. The Labute approximate surface area is 192 Å². The van der Waals surface area contributed by atoms with Crippen molar-refractivity contribution in [3.8, 4) is 11.4 Å². The normalized spacial score (nSPS) is 14.4. The third-order valence-electron chi connectivity index (χ3n) is 5.80. The van der Waals surface area contributed by atoms with E-state index in [1.165, 1.54) is 43.9 Å². The number of hydrogen-bond acceptors (Lipinski definition) is 5. The monoisotopic (exact) mass is 451 g/mol. The maximum Gasteiger partial charge on any atom is 0.266 e. The lowest BCUT2D eigenvalue weighted by molar-refractivity contribution is -0.118. The summed E-state index contributed by atoms with van der Waals surface area (Å²) in [6.45, 7) is 3.24. The number of thioether (sulfide) groups is 1. The summed E-state index contributed by atoms with van der Waals surface area (Å²) in [5.41, 5.74) is 1.18. The van der Waals surface area contributed by atoms with Gasteiger partial charge in [0.05, 0.1) is 29.0 Å². The Morgan fingerprint density at radius 2 is 1.88 bits per heavy atom. The number of fused-ring (bicyclic) bond motifs is 1. The number of rotatable bonds is 8. The zero-order valence-corrected chi connectivity index (χ0v) is 19.2. The van der Waals surface area contributed by atoms with Gasteiger partial charge >= 0.3 is 0 Å². The van der Waals surface area contributed by atoms with Crippen LogP contribution in [0.25, 0.3) is 16.6 Å². The molecule has 0 aliphatic heterocycles. The molecule has 0 atom stereocenters. The molecule has 1 aromatic heterocycles. The van der Waals surface area contributed by atoms with E-state index in [1.54, 1.807) is 10.6 Å². The van der Waals surface area contributed by atoms with E-state index in [2.05, 4.69) is 5.32 Å². The number of amides is 1. The van der Waals surface area contributed by atoms with Gasteiger partial charge in [0.2, 0.25) is 5.91 Å². The molecule has 4 rings (SSSR count). The molecule has 1 aliphatic carbocycles. The van der Waals surface area contributed by atoms with Crippen LogP contribution >= 0.6 is 11.8 Å². The molecule has 168 valence electrons. The molecule has 1 saturated carbocycles. The molecule has 1 aliphatic rings. The summed E-state index contributed by atoms with van der Waals surface area (Å²) in [6.07, 6.45) is 6.19. The Bertz CT molecular complexity index is 1120. The molecule has 1 N–H and O–H groups in total. The van der Waals surface area contributed by atoms with Crippen molar-refractivity contribution in [2.24, 2.45) is 5.92 Å². The van der Waals surface area contributed by atoms with Crippen LogP contribution in [-0.2, 0) is 4.79 Å². The van der Waals surface area contributed by atoms with Gasteiger partial charge < -0.3 is 10.1 Å². The van der Waals surface area contributed by atoms with Crippen LogP contribution in [0.5, 0.6) is 5.75 Å². The number of para-hydroxylation sites is 1. The lowest BCUT2D eigenvalue weighted by Gasteiger charge is -2.21. The van der Waals surface area contributed by atoms with Crippen molar-refractivity contribution in [2.75, 3.05) is 18.9 Å². The SMILES string of the molecule is CCOc1ccc(-n2c(SCC(=O)NCC3CCCCC3)nc3ccccc3c2=O)cc1. The fourth-order valence-electron chi connectivity index (χ4n) is 4.13. The molecule has 3 aromatic rings. The minimum atomic E-state index is -0.148. The van der Waals surface area contributed by atoms with Crippen LogP contribution in [0.15, 0.2) is 58.5 Å². The van der Waals surface area contributed by atoms with Crippen LogP contribution in [0.1, 0.15) is 39.0 Å². The summed E-state index contributed by atoms with van der Waals surface area (Å²) >= 11 is 1.29. The van der Waals surface area contributed by atoms with Crippen LogP contribution in [0.3, 0.4) is 0 Å². The quantitative estimate of drug-likeness (QED) is 0.401. The van der Waals surface area contributed by atoms with Gasteiger partial charge in [-0.05, 0) is 62.1 Å². The summed E-state index contributed by atoms with van der Waals surface area (Å²) in [5.74, 6) is 1.52. The Kier molecular flexibility index (Phi) is 7.47. The second-order valence-corrected chi connectivity index (χ2v) is 9.02. The molecule has 6 nitrogen and oxygen atoms in total. The van der Waals surface area contributed by atoms with Gasteiger partial charge in [0.1, 0.15) is 5.75 Å². The first-order valence-corrected chi connectivity index (χ1v) is 12.3. The standard InChI is InChI=1S/C25H29N3O3S/c1-2-31-20-14-12-19(13-15-20)28-24(30)21-10-6-7-11-22(21)27-25(28)32-17-23(29)26-16-18-8-4-3-5-9-18/h6-7,10-15,18H,2-5,8-9,16-17H2,1H3,(H,26,29). The van der Waals surface area contributed by atoms with E-state index < -0.39 is 0 Å². The number of carbonyl (C=O) groups excluding carboxylic acids is 1. The fourth-order valence-corrected chi connectivity index (χ4v) is 4.97. The first-order valence-electron chi connectivity index (χ1n) is 11.3. The number of ether oxygens (including phenoxy) is 1. The molecule has 32 heavy (non-hydrogen) atoms. The number of nitrogens with one attached hydrogen (secondary N) is 1. The smallest absolute Gasteiger partial charge is 0.266 e. The van der Waals surface area contributed by atoms with Gasteiger partial charge in [0.25, 0.3) is 5.56 Å². The maximum absolute atomic E-state index is 13.3. The van der Waals surface area contributed by atoms with E-state index >= 15 is 0 Å². The molecule has 0 saturated heterocycles. The summed E-state index contributed by atoms with van der Waals surface area (Å²) < 4.78 is 7.10. The predicted octanol–water partition coefficient (Wildman–Crippen LogP) is 4.57. The van der Waals surface area contributed by atoms with Crippen LogP contribution < -0.4 is 15.6 Å². The third-order valence-corrected chi connectivity index (χ3v) is 6.73. The molecule has 7 heteroatoms. The molecule has 0 spiro atoms. The average molecular weight is 452 g/mol. The molecule has 1 heterocycles. The van der Waals surface area contributed by atoms with Gasteiger partial charge in [-0.25, -0.2) is 4.98 Å². The largest absolute Gasteiger partial charge is 0.494 e. The lowest BCUT2D eigenvalue weighted by Crippen LogP contribution is -2.31. The first kappa shape index (κ1) is 22.4. The van der Waals surface area contributed by atoms with E-state index in [0.29, 0.717) is 34.3 Å². The van der Waals surface area contributed by atoms with E-state index in [0.717, 1.165) is 12.3 Å². The summed E-state index contributed by atoms with van der Waals surface area (Å²) in [6, 6.07) is 14.7. The van der Waals surface area contributed by atoms with E-state index in [1.807, 2.05) is 49.4 Å². The Morgan fingerprint density at radius 3 is 2.62 bits per heavy atom. The van der Waals surface area contributed by atoms with Crippen molar-refractivity contribution in [3.63, 3.8) is 0 Å². The lowest BCUT2D eigenvalue weighted by atomic mass is 9.89. The van der Waals surface area contributed by atoms with Gasteiger partial charge in [-0.2, -0.15) is 0 Å². The Hall–Kier alpha value is -2.80. The minimum Gasteiger partial charge on any atom is -0.494 e.